The topological polar surface area (TPSA) is 137 Å². The minimum Gasteiger partial charge on any atom is -0.456 e. The van der Waals surface area contributed by atoms with Crippen LogP contribution in [0.5, 0.6) is 0 Å². The SMILES string of the molecule is Cc1cc(NS(=O)(=O)c2ccc3c(c2)oc2ccccc23)cc(C)c1S(=O)(=O)C[N+](=O)[O-]. The molecule has 0 saturated heterocycles. The van der Waals surface area contributed by atoms with Gasteiger partial charge >= 0.3 is 5.88 Å². The smallest absolute Gasteiger partial charge is 0.305 e. The second-order valence-electron chi connectivity index (χ2n) is 7.38. The fourth-order valence-electron chi connectivity index (χ4n) is 3.79. The van der Waals surface area contributed by atoms with Crippen LogP contribution in [0.25, 0.3) is 21.9 Å². The Balaban J connectivity index is 1.70. The van der Waals surface area contributed by atoms with Gasteiger partial charge in [0.2, 0.25) is 9.84 Å². The largest absolute Gasteiger partial charge is 0.456 e. The molecule has 9 nitrogen and oxygen atoms in total. The van der Waals surface area contributed by atoms with Gasteiger partial charge in [-0.3, -0.25) is 14.8 Å². The monoisotopic (exact) mass is 474 g/mol. The van der Waals surface area contributed by atoms with Crippen LogP contribution >= 0.6 is 0 Å². The summed E-state index contributed by atoms with van der Waals surface area (Å²) in [6.07, 6.45) is 0. The zero-order chi connectivity index (χ0) is 23.3. The number of rotatable bonds is 6. The number of benzene rings is 3. The van der Waals surface area contributed by atoms with E-state index in [-0.39, 0.29) is 26.6 Å². The van der Waals surface area contributed by atoms with Crippen molar-refractivity contribution in [3.05, 3.63) is 75.8 Å². The van der Waals surface area contributed by atoms with Gasteiger partial charge in [-0.25, -0.2) is 16.8 Å². The van der Waals surface area contributed by atoms with Crippen LogP contribution in [0.3, 0.4) is 0 Å². The molecule has 0 radical (unpaired) electrons. The first-order chi connectivity index (χ1) is 15.0. The third kappa shape index (κ3) is 3.92. The molecular weight excluding hydrogens is 456 g/mol. The molecule has 166 valence electrons. The molecule has 0 saturated carbocycles. The number of hydrogen-bond donors (Lipinski definition) is 1. The standard InChI is InChI=1S/C21H18N2O7S2/c1-13-9-15(10-14(2)21(13)31(26,27)12-23(24)25)22-32(28,29)16-7-8-18-17-5-3-4-6-19(17)30-20(18)11-16/h3-11,22H,12H2,1-2H3. The molecular formula is C21H18N2O7S2. The van der Waals surface area contributed by atoms with Gasteiger partial charge < -0.3 is 4.42 Å². The molecule has 4 aromatic rings. The molecule has 0 amide bonds. The number of hydrogen-bond acceptors (Lipinski definition) is 7. The summed E-state index contributed by atoms with van der Waals surface area (Å²) in [5, 5.41) is 12.4. The highest BCUT2D eigenvalue weighted by Gasteiger charge is 2.26. The normalized spacial score (nSPS) is 12.3. The van der Waals surface area contributed by atoms with Crippen molar-refractivity contribution in [2.45, 2.75) is 23.6 Å². The van der Waals surface area contributed by atoms with Crippen molar-refractivity contribution in [2.24, 2.45) is 0 Å². The summed E-state index contributed by atoms with van der Waals surface area (Å²) in [7, 11) is -8.17. The van der Waals surface area contributed by atoms with E-state index in [1.54, 1.807) is 12.1 Å². The van der Waals surface area contributed by atoms with E-state index in [1.165, 1.54) is 38.1 Å². The van der Waals surface area contributed by atoms with Gasteiger partial charge in [0, 0.05) is 27.4 Å². The van der Waals surface area contributed by atoms with Crippen LogP contribution < -0.4 is 4.72 Å². The van der Waals surface area contributed by atoms with Gasteiger partial charge in [0.15, 0.2) is 0 Å². The third-order valence-electron chi connectivity index (χ3n) is 4.96. The average molecular weight is 475 g/mol. The fraction of sp³-hybridized carbons (Fsp3) is 0.143. The van der Waals surface area contributed by atoms with Gasteiger partial charge in [-0.05, 0) is 55.3 Å². The Hall–Kier alpha value is -3.44. The van der Waals surface area contributed by atoms with E-state index in [9.17, 15) is 26.9 Å². The number of aryl methyl sites for hydroxylation is 2. The first-order valence-electron chi connectivity index (χ1n) is 9.38. The molecule has 3 aromatic carbocycles. The molecule has 0 aliphatic rings. The van der Waals surface area contributed by atoms with Crippen LogP contribution in [0, 0.1) is 24.0 Å². The van der Waals surface area contributed by atoms with Crippen molar-refractivity contribution in [3.8, 4) is 0 Å². The van der Waals surface area contributed by atoms with Crippen molar-refractivity contribution in [1.29, 1.82) is 0 Å². The first-order valence-corrected chi connectivity index (χ1v) is 12.5. The van der Waals surface area contributed by atoms with E-state index >= 15 is 0 Å². The number of sulfone groups is 1. The van der Waals surface area contributed by atoms with E-state index in [0.717, 1.165) is 10.8 Å². The summed E-state index contributed by atoms with van der Waals surface area (Å²) in [6, 6.07) is 14.6. The zero-order valence-electron chi connectivity index (χ0n) is 17.0. The zero-order valence-corrected chi connectivity index (χ0v) is 18.7. The van der Waals surface area contributed by atoms with Gasteiger partial charge in [0.1, 0.15) is 11.2 Å². The number of nitro groups is 1. The Morgan fingerprint density at radius 3 is 2.19 bits per heavy atom. The second-order valence-corrected chi connectivity index (χ2v) is 11.0. The lowest BCUT2D eigenvalue weighted by atomic mass is 10.1. The van der Waals surface area contributed by atoms with Gasteiger partial charge in [-0.15, -0.1) is 0 Å². The maximum absolute atomic E-state index is 13.0. The number of sulfonamides is 1. The summed E-state index contributed by atoms with van der Waals surface area (Å²) in [4.78, 5) is 9.58. The van der Waals surface area contributed by atoms with Crippen LogP contribution in [0.15, 0.2) is 68.8 Å². The van der Waals surface area contributed by atoms with Crippen molar-refractivity contribution in [2.75, 3.05) is 10.6 Å². The summed E-state index contributed by atoms with van der Waals surface area (Å²) < 4.78 is 58.7. The van der Waals surface area contributed by atoms with E-state index in [2.05, 4.69) is 4.72 Å². The summed E-state index contributed by atoms with van der Waals surface area (Å²) >= 11 is 0. The highest BCUT2D eigenvalue weighted by atomic mass is 32.2. The molecule has 0 atom stereocenters. The molecule has 0 fully saturated rings. The van der Waals surface area contributed by atoms with Crippen LogP contribution in [0.1, 0.15) is 11.1 Å². The fourth-order valence-corrected chi connectivity index (χ4v) is 6.35. The van der Waals surface area contributed by atoms with Crippen molar-refractivity contribution in [1.82, 2.24) is 0 Å². The maximum Gasteiger partial charge on any atom is 0.305 e. The summed E-state index contributed by atoms with van der Waals surface area (Å²) in [5.74, 6) is -1.24. The first kappa shape index (κ1) is 21.8. The minimum absolute atomic E-state index is 0.0237. The van der Waals surface area contributed by atoms with E-state index in [4.69, 9.17) is 4.42 Å². The average Bonchev–Trinajstić information content (AvgIpc) is 3.03. The lowest BCUT2D eigenvalue weighted by molar-refractivity contribution is -0.458. The Labute approximate surface area is 183 Å². The lowest BCUT2D eigenvalue weighted by Crippen LogP contribution is -2.18. The maximum atomic E-state index is 13.0. The van der Waals surface area contributed by atoms with Crippen molar-refractivity contribution >= 4 is 47.5 Å². The van der Waals surface area contributed by atoms with Crippen LogP contribution in [-0.4, -0.2) is 27.6 Å². The number of fused-ring (bicyclic) bond motifs is 3. The second kappa shape index (κ2) is 7.61. The van der Waals surface area contributed by atoms with Gasteiger partial charge in [-0.1, -0.05) is 18.2 Å². The predicted octanol–water partition coefficient (Wildman–Crippen LogP) is 4.01. The Bertz CT molecular complexity index is 1580. The van der Waals surface area contributed by atoms with Crippen LogP contribution in [0.4, 0.5) is 5.69 Å². The van der Waals surface area contributed by atoms with Crippen molar-refractivity contribution < 1.29 is 26.2 Å². The number of furan rings is 1. The molecule has 0 aliphatic heterocycles. The Morgan fingerprint density at radius 1 is 0.906 bits per heavy atom. The predicted molar refractivity (Wildman–Crippen MR) is 119 cm³/mol. The van der Waals surface area contributed by atoms with Gasteiger partial charge in [-0.2, -0.15) is 0 Å². The number of anilines is 1. The molecule has 1 aromatic heterocycles. The molecule has 0 spiro atoms. The Morgan fingerprint density at radius 2 is 1.53 bits per heavy atom. The number of nitrogens with one attached hydrogen (secondary N) is 1. The molecule has 0 bridgehead atoms. The molecule has 1 heterocycles. The van der Waals surface area contributed by atoms with Crippen LogP contribution in [-0.2, 0) is 19.9 Å². The molecule has 0 aliphatic carbocycles. The molecule has 11 heteroatoms. The third-order valence-corrected chi connectivity index (χ3v) is 8.16. The molecule has 32 heavy (non-hydrogen) atoms. The Kier molecular flexibility index (Phi) is 5.18. The lowest BCUT2D eigenvalue weighted by Gasteiger charge is -2.13. The molecule has 4 rings (SSSR count). The van der Waals surface area contributed by atoms with Crippen LogP contribution in [0.2, 0.25) is 0 Å². The van der Waals surface area contributed by atoms with Crippen molar-refractivity contribution in [3.63, 3.8) is 0 Å². The van der Waals surface area contributed by atoms with Gasteiger partial charge in [0.05, 0.1) is 9.79 Å². The molecule has 1 N–H and O–H groups in total. The van der Waals surface area contributed by atoms with E-state index in [1.807, 2.05) is 18.2 Å². The highest BCUT2D eigenvalue weighted by molar-refractivity contribution is 7.92. The highest BCUT2D eigenvalue weighted by Crippen LogP contribution is 2.31. The summed E-state index contributed by atoms with van der Waals surface area (Å²) in [6.45, 7) is 2.91. The summed E-state index contributed by atoms with van der Waals surface area (Å²) in [5.41, 5.74) is 1.62. The van der Waals surface area contributed by atoms with E-state index in [0.29, 0.717) is 11.2 Å². The van der Waals surface area contributed by atoms with Gasteiger partial charge in [0.25, 0.3) is 10.0 Å². The number of para-hydroxylation sites is 1. The van der Waals surface area contributed by atoms with E-state index < -0.39 is 30.7 Å². The minimum atomic E-state index is -4.16. The number of nitrogens with zero attached hydrogens (tertiary/aromatic N) is 1. The molecule has 0 unspecified atom stereocenters. The quantitative estimate of drug-likeness (QED) is 0.329.